The number of ether oxygens (including phenoxy) is 1. The predicted octanol–water partition coefficient (Wildman–Crippen LogP) is 1.34. The Morgan fingerprint density at radius 3 is 2.89 bits per heavy atom. The molecule has 0 bridgehead atoms. The fourth-order valence-electron chi connectivity index (χ4n) is 1.23. The normalized spacial score (nSPS) is 13.8. The minimum absolute atomic E-state index is 0.200. The Morgan fingerprint density at radius 1 is 1.56 bits per heavy atom. The lowest BCUT2D eigenvalue weighted by Gasteiger charge is -2.22. The molecule has 1 rings (SSSR count). The van der Waals surface area contributed by atoms with Crippen molar-refractivity contribution >= 4 is 5.91 Å². The van der Waals surface area contributed by atoms with Crippen molar-refractivity contribution in [3.8, 4) is 5.75 Å². The maximum Gasteiger partial charge on any atom is 0.270 e. The molecule has 0 aliphatic heterocycles. The number of pyridine rings is 1. The van der Waals surface area contributed by atoms with Gasteiger partial charge in [-0.3, -0.25) is 9.78 Å². The van der Waals surface area contributed by atoms with Crippen molar-refractivity contribution in [1.29, 1.82) is 0 Å². The molecule has 0 saturated carbocycles. The highest BCUT2D eigenvalue weighted by Gasteiger charge is 2.16. The van der Waals surface area contributed by atoms with E-state index in [0.29, 0.717) is 24.6 Å². The van der Waals surface area contributed by atoms with Crippen molar-refractivity contribution in [2.45, 2.75) is 32.7 Å². The Labute approximate surface area is 108 Å². The minimum Gasteiger partial charge on any atom is -0.492 e. The molecule has 1 unspecified atom stereocenters. The highest BCUT2D eigenvalue weighted by atomic mass is 16.5. The van der Waals surface area contributed by atoms with Gasteiger partial charge in [0.25, 0.3) is 5.91 Å². The van der Waals surface area contributed by atoms with Crippen LogP contribution in [0.5, 0.6) is 5.75 Å². The fourth-order valence-corrected chi connectivity index (χ4v) is 1.23. The molecule has 18 heavy (non-hydrogen) atoms. The monoisotopic (exact) mass is 251 g/mol. The van der Waals surface area contributed by atoms with Crippen molar-refractivity contribution in [2.24, 2.45) is 5.73 Å². The molecule has 0 radical (unpaired) electrons. The van der Waals surface area contributed by atoms with E-state index in [1.165, 1.54) is 0 Å². The average molecular weight is 251 g/mol. The zero-order valence-corrected chi connectivity index (χ0v) is 11.2. The molecular formula is C13H21N3O2. The summed E-state index contributed by atoms with van der Waals surface area (Å²) in [7, 11) is 0. The lowest BCUT2D eigenvalue weighted by Crippen LogP contribution is -2.41. The lowest BCUT2D eigenvalue weighted by molar-refractivity contribution is 0.0950. The van der Waals surface area contributed by atoms with E-state index >= 15 is 0 Å². The summed E-state index contributed by atoms with van der Waals surface area (Å²) in [6.07, 6.45) is 2.38. The molecular weight excluding hydrogens is 230 g/mol. The Morgan fingerprint density at radius 2 is 2.28 bits per heavy atom. The van der Waals surface area contributed by atoms with E-state index in [1.54, 1.807) is 18.3 Å². The fraction of sp³-hybridized carbons (Fsp3) is 0.538. The second kappa shape index (κ2) is 6.35. The van der Waals surface area contributed by atoms with Gasteiger partial charge in [0, 0.05) is 24.3 Å². The van der Waals surface area contributed by atoms with Gasteiger partial charge in [0.05, 0.1) is 0 Å². The molecule has 0 saturated heterocycles. The van der Waals surface area contributed by atoms with Crippen LogP contribution in [0, 0.1) is 0 Å². The topological polar surface area (TPSA) is 77.2 Å². The third kappa shape index (κ3) is 4.33. The lowest BCUT2D eigenvalue weighted by atomic mass is 10.0. The highest BCUT2D eigenvalue weighted by molar-refractivity contribution is 5.92. The van der Waals surface area contributed by atoms with Crippen LogP contribution in [0.25, 0.3) is 0 Å². The van der Waals surface area contributed by atoms with Crippen LogP contribution in [0.1, 0.15) is 37.7 Å². The van der Waals surface area contributed by atoms with Crippen molar-refractivity contribution < 1.29 is 9.53 Å². The smallest absolute Gasteiger partial charge is 0.270 e. The Balaban J connectivity index is 2.68. The van der Waals surface area contributed by atoms with E-state index in [-0.39, 0.29) is 11.4 Å². The van der Waals surface area contributed by atoms with Crippen LogP contribution in [-0.2, 0) is 0 Å². The summed E-state index contributed by atoms with van der Waals surface area (Å²) in [5.74, 6) is 0.408. The first-order valence-electron chi connectivity index (χ1n) is 6.14. The van der Waals surface area contributed by atoms with E-state index < -0.39 is 0 Å². The third-order valence-electron chi connectivity index (χ3n) is 2.68. The second-order valence-electron chi connectivity index (χ2n) is 4.53. The van der Waals surface area contributed by atoms with Gasteiger partial charge in [-0.15, -0.1) is 0 Å². The van der Waals surface area contributed by atoms with E-state index in [4.69, 9.17) is 10.5 Å². The summed E-state index contributed by atoms with van der Waals surface area (Å²) in [4.78, 5) is 15.6. The van der Waals surface area contributed by atoms with E-state index in [9.17, 15) is 4.79 Å². The summed E-state index contributed by atoms with van der Waals surface area (Å²) in [5, 5.41) is 2.69. The van der Waals surface area contributed by atoms with Gasteiger partial charge >= 0.3 is 0 Å². The first-order chi connectivity index (χ1) is 8.48. The largest absolute Gasteiger partial charge is 0.492 e. The Hall–Kier alpha value is -1.62. The number of nitrogens with two attached hydrogens (primary N) is 1. The van der Waals surface area contributed by atoms with Gasteiger partial charge in [-0.05, 0) is 26.3 Å². The van der Waals surface area contributed by atoms with E-state index in [0.717, 1.165) is 6.42 Å². The van der Waals surface area contributed by atoms with Gasteiger partial charge in [0.1, 0.15) is 18.1 Å². The summed E-state index contributed by atoms with van der Waals surface area (Å²) >= 11 is 0. The molecule has 100 valence electrons. The quantitative estimate of drug-likeness (QED) is 0.799. The van der Waals surface area contributed by atoms with Crippen LogP contribution in [0.2, 0.25) is 0 Å². The van der Waals surface area contributed by atoms with E-state index in [1.807, 2.05) is 20.8 Å². The molecule has 1 heterocycles. The molecule has 0 spiro atoms. The van der Waals surface area contributed by atoms with Gasteiger partial charge in [0.15, 0.2) is 0 Å². The van der Waals surface area contributed by atoms with Crippen LogP contribution in [0.4, 0.5) is 0 Å². The van der Waals surface area contributed by atoms with Crippen LogP contribution in [0.3, 0.4) is 0 Å². The number of amides is 1. The zero-order valence-electron chi connectivity index (χ0n) is 11.2. The van der Waals surface area contributed by atoms with E-state index in [2.05, 4.69) is 10.3 Å². The maximum absolute atomic E-state index is 11.6. The number of rotatable bonds is 6. The van der Waals surface area contributed by atoms with Crippen molar-refractivity contribution in [3.63, 3.8) is 0 Å². The molecule has 5 nitrogen and oxygen atoms in total. The summed E-state index contributed by atoms with van der Waals surface area (Å²) < 4.78 is 5.59. The molecule has 3 N–H and O–H groups in total. The van der Waals surface area contributed by atoms with Gasteiger partial charge in [-0.25, -0.2) is 0 Å². The molecule has 0 fully saturated rings. The van der Waals surface area contributed by atoms with Crippen LogP contribution < -0.4 is 15.8 Å². The van der Waals surface area contributed by atoms with Crippen LogP contribution in [-0.4, -0.2) is 29.6 Å². The standard InChI is InChI=1S/C13H21N3O2/c1-4-13(3,14)9-18-10-6-7-16-11(8-10)12(17)15-5-2/h6-8H,4-5,9,14H2,1-3H3,(H,15,17). The van der Waals surface area contributed by atoms with Crippen molar-refractivity contribution in [1.82, 2.24) is 10.3 Å². The first-order valence-corrected chi connectivity index (χ1v) is 6.14. The summed E-state index contributed by atoms with van der Waals surface area (Å²) in [6, 6.07) is 3.34. The number of carbonyl (C=O) groups excluding carboxylic acids is 1. The summed E-state index contributed by atoms with van der Waals surface area (Å²) in [6.45, 7) is 6.78. The average Bonchev–Trinajstić information content (AvgIpc) is 2.37. The van der Waals surface area contributed by atoms with Crippen LogP contribution >= 0.6 is 0 Å². The molecule has 1 aromatic rings. The Kier molecular flexibility index (Phi) is 5.09. The molecule has 1 amide bonds. The number of nitrogens with zero attached hydrogens (tertiary/aromatic N) is 1. The highest BCUT2D eigenvalue weighted by Crippen LogP contribution is 2.14. The Bertz CT molecular complexity index is 405. The number of aromatic nitrogens is 1. The molecule has 1 aromatic heterocycles. The molecule has 1 atom stereocenters. The molecule has 0 aromatic carbocycles. The maximum atomic E-state index is 11.6. The first kappa shape index (κ1) is 14.4. The summed E-state index contributed by atoms with van der Waals surface area (Å²) in [5.41, 5.74) is 5.97. The SMILES string of the molecule is CCNC(=O)c1cc(OCC(C)(N)CC)ccn1. The zero-order chi connectivity index (χ0) is 13.6. The van der Waals surface area contributed by atoms with Gasteiger partial charge in [0.2, 0.25) is 0 Å². The second-order valence-corrected chi connectivity index (χ2v) is 4.53. The van der Waals surface area contributed by atoms with Gasteiger partial charge in [-0.1, -0.05) is 6.92 Å². The number of nitrogens with one attached hydrogen (secondary N) is 1. The number of carbonyl (C=O) groups is 1. The van der Waals surface area contributed by atoms with Crippen molar-refractivity contribution in [3.05, 3.63) is 24.0 Å². The number of hydrogen-bond acceptors (Lipinski definition) is 4. The molecule has 0 aliphatic carbocycles. The number of hydrogen-bond donors (Lipinski definition) is 2. The third-order valence-corrected chi connectivity index (χ3v) is 2.68. The van der Waals surface area contributed by atoms with Crippen molar-refractivity contribution in [2.75, 3.05) is 13.2 Å². The van der Waals surface area contributed by atoms with Gasteiger partial charge in [-0.2, -0.15) is 0 Å². The predicted molar refractivity (Wildman–Crippen MR) is 70.6 cm³/mol. The minimum atomic E-state index is -0.366. The van der Waals surface area contributed by atoms with Gasteiger partial charge < -0.3 is 15.8 Å². The molecule has 5 heteroatoms. The molecule has 0 aliphatic rings. The van der Waals surface area contributed by atoms with Crippen LogP contribution in [0.15, 0.2) is 18.3 Å².